The fraction of sp³-hybridized carbons (Fsp3) is 0.556. The van der Waals surface area contributed by atoms with Gasteiger partial charge in [-0.2, -0.15) is 5.10 Å². The lowest BCUT2D eigenvalue weighted by atomic mass is 10.3. The van der Waals surface area contributed by atoms with Crippen LogP contribution in [0.3, 0.4) is 0 Å². The van der Waals surface area contributed by atoms with E-state index in [9.17, 15) is 4.79 Å². The Morgan fingerprint density at radius 2 is 2.43 bits per heavy atom. The smallest absolute Gasteiger partial charge is 0.218 e. The molecule has 0 bridgehead atoms. The topological polar surface area (TPSA) is 72.9 Å². The van der Waals surface area contributed by atoms with Crippen LogP contribution in [-0.2, 0) is 18.3 Å². The van der Waals surface area contributed by atoms with Gasteiger partial charge in [0.2, 0.25) is 5.91 Å². The predicted octanol–water partition coefficient (Wildman–Crippen LogP) is -0.572. The van der Waals surface area contributed by atoms with Crippen LogP contribution in [0.15, 0.2) is 12.3 Å². The van der Waals surface area contributed by atoms with Gasteiger partial charge in [0, 0.05) is 44.9 Å². The number of carbonyl (C=O) groups is 1. The van der Waals surface area contributed by atoms with Crippen molar-refractivity contribution in [3.05, 3.63) is 18.0 Å². The standard InChI is InChI=1S/C9H16N4O/c1-13-8(3-7-12-13)2-5-11-6-4-9(10)14/h3,7,11H,2,4-6H2,1H3,(H2,10,14). The molecule has 5 nitrogen and oxygen atoms in total. The number of nitrogens with two attached hydrogens (primary N) is 1. The van der Waals surface area contributed by atoms with Gasteiger partial charge in [-0.1, -0.05) is 0 Å². The summed E-state index contributed by atoms with van der Waals surface area (Å²) in [5.74, 6) is -0.266. The number of hydrogen-bond acceptors (Lipinski definition) is 3. The van der Waals surface area contributed by atoms with Crippen molar-refractivity contribution in [3.63, 3.8) is 0 Å². The number of nitrogens with zero attached hydrogens (tertiary/aromatic N) is 2. The minimum absolute atomic E-state index is 0.266. The molecule has 1 rings (SSSR count). The second kappa shape index (κ2) is 5.39. The maximum atomic E-state index is 10.4. The normalized spacial score (nSPS) is 10.4. The minimum atomic E-state index is -0.266. The van der Waals surface area contributed by atoms with Crippen molar-refractivity contribution in [2.24, 2.45) is 12.8 Å². The van der Waals surface area contributed by atoms with Crippen LogP contribution in [0.5, 0.6) is 0 Å². The summed E-state index contributed by atoms with van der Waals surface area (Å²) in [6.07, 6.45) is 3.08. The molecule has 1 amide bonds. The van der Waals surface area contributed by atoms with Crippen molar-refractivity contribution in [2.75, 3.05) is 13.1 Å². The summed E-state index contributed by atoms with van der Waals surface area (Å²) in [7, 11) is 1.92. The van der Waals surface area contributed by atoms with Gasteiger partial charge in [0.15, 0.2) is 0 Å². The molecule has 3 N–H and O–H groups in total. The molecule has 14 heavy (non-hydrogen) atoms. The monoisotopic (exact) mass is 196 g/mol. The first-order valence-electron chi connectivity index (χ1n) is 4.66. The quantitative estimate of drug-likeness (QED) is 0.598. The van der Waals surface area contributed by atoms with Crippen molar-refractivity contribution in [1.29, 1.82) is 0 Å². The van der Waals surface area contributed by atoms with Gasteiger partial charge in [-0.25, -0.2) is 0 Å². The zero-order valence-corrected chi connectivity index (χ0v) is 8.36. The summed E-state index contributed by atoms with van der Waals surface area (Å²) in [5, 5.41) is 7.20. The Morgan fingerprint density at radius 1 is 1.64 bits per heavy atom. The second-order valence-corrected chi connectivity index (χ2v) is 3.16. The molecule has 0 aliphatic heterocycles. The lowest BCUT2D eigenvalue weighted by molar-refractivity contribution is -0.117. The molecule has 0 aliphatic rings. The van der Waals surface area contributed by atoms with Crippen molar-refractivity contribution >= 4 is 5.91 Å². The molecule has 78 valence electrons. The highest BCUT2D eigenvalue weighted by Crippen LogP contribution is 1.95. The molecule has 0 unspecified atom stereocenters. The molecule has 0 radical (unpaired) electrons. The van der Waals surface area contributed by atoms with Gasteiger partial charge >= 0.3 is 0 Å². The number of carbonyl (C=O) groups excluding carboxylic acids is 1. The van der Waals surface area contributed by atoms with E-state index in [2.05, 4.69) is 10.4 Å². The fourth-order valence-electron chi connectivity index (χ4n) is 1.20. The highest BCUT2D eigenvalue weighted by molar-refractivity contribution is 5.73. The third-order valence-corrected chi connectivity index (χ3v) is 2.03. The molecule has 1 heterocycles. The number of aromatic nitrogens is 2. The molecular formula is C9H16N4O. The number of nitrogens with one attached hydrogen (secondary N) is 1. The summed E-state index contributed by atoms with van der Waals surface area (Å²) in [4.78, 5) is 10.4. The zero-order valence-electron chi connectivity index (χ0n) is 8.36. The molecule has 5 heteroatoms. The van der Waals surface area contributed by atoms with E-state index < -0.39 is 0 Å². The largest absolute Gasteiger partial charge is 0.370 e. The lowest BCUT2D eigenvalue weighted by Gasteiger charge is -2.03. The van der Waals surface area contributed by atoms with Crippen LogP contribution in [-0.4, -0.2) is 28.8 Å². The van der Waals surface area contributed by atoms with E-state index in [4.69, 9.17) is 5.73 Å². The maximum Gasteiger partial charge on any atom is 0.218 e. The number of hydrogen-bond donors (Lipinski definition) is 2. The summed E-state index contributed by atoms with van der Waals surface area (Å²) >= 11 is 0. The molecular weight excluding hydrogens is 180 g/mol. The SMILES string of the molecule is Cn1nccc1CCNCCC(N)=O. The summed E-state index contributed by atoms with van der Waals surface area (Å²) < 4.78 is 1.84. The first kappa shape index (κ1) is 10.7. The van der Waals surface area contributed by atoms with Gasteiger partial charge in [-0.15, -0.1) is 0 Å². The Labute approximate surface area is 83.3 Å². The first-order valence-corrected chi connectivity index (χ1v) is 4.66. The second-order valence-electron chi connectivity index (χ2n) is 3.16. The van der Waals surface area contributed by atoms with Gasteiger partial charge in [-0.3, -0.25) is 9.48 Å². The fourth-order valence-corrected chi connectivity index (χ4v) is 1.20. The molecule has 0 spiro atoms. The van der Waals surface area contributed by atoms with Crippen LogP contribution in [0, 0.1) is 0 Å². The van der Waals surface area contributed by atoms with Gasteiger partial charge in [0.25, 0.3) is 0 Å². The Kier molecular flexibility index (Phi) is 4.12. The summed E-state index contributed by atoms with van der Waals surface area (Å²) in [6.45, 7) is 1.49. The van der Waals surface area contributed by atoms with Gasteiger partial charge in [0.05, 0.1) is 0 Å². The molecule has 0 aliphatic carbocycles. The van der Waals surface area contributed by atoms with E-state index >= 15 is 0 Å². The maximum absolute atomic E-state index is 10.4. The summed E-state index contributed by atoms with van der Waals surface area (Å²) in [5.41, 5.74) is 6.18. The minimum Gasteiger partial charge on any atom is -0.370 e. The van der Waals surface area contributed by atoms with Gasteiger partial charge in [-0.05, 0) is 6.07 Å². The third-order valence-electron chi connectivity index (χ3n) is 2.03. The van der Waals surface area contributed by atoms with E-state index in [1.165, 1.54) is 5.69 Å². The Hall–Kier alpha value is -1.36. The van der Waals surface area contributed by atoms with Crippen LogP contribution in [0.4, 0.5) is 0 Å². The molecule has 0 fully saturated rings. The molecule has 1 aromatic rings. The highest BCUT2D eigenvalue weighted by Gasteiger charge is 1.98. The van der Waals surface area contributed by atoms with Crippen molar-refractivity contribution < 1.29 is 4.79 Å². The number of amides is 1. The zero-order chi connectivity index (χ0) is 10.4. The van der Waals surface area contributed by atoms with Crippen molar-refractivity contribution in [3.8, 4) is 0 Å². The molecule has 0 aromatic carbocycles. The molecule has 0 saturated carbocycles. The lowest BCUT2D eigenvalue weighted by Crippen LogP contribution is -2.24. The first-order chi connectivity index (χ1) is 6.70. The Morgan fingerprint density at radius 3 is 3.00 bits per heavy atom. The van der Waals surface area contributed by atoms with E-state index in [0.717, 1.165) is 13.0 Å². The highest BCUT2D eigenvalue weighted by atomic mass is 16.1. The molecule has 1 aromatic heterocycles. The Balaban J connectivity index is 2.10. The van der Waals surface area contributed by atoms with Crippen LogP contribution in [0.25, 0.3) is 0 Å². The average molecular weight is 196 g/mol. The molecule has 0 saturated heterocycles. The van der Waals surface area contributed by atoms with Gasteiger partial charge in [0.1, 0.15) is 0 Å². The summed E-state index contributed by atoms with van der Waals surface area (Å²) in [6, 6.07) is 1.98. The van der Waals surface area contributed by atoms with Crippen LogP contribution >= 0.6 is 0 Å². The number of primary amides is 1. The van der Waals surface area contributed by atoms with Gasteiger partial charge < -0.3 is 11.1 Å². The number of rotatable bonds is 6. The van der Waals surface area contributed by atoms with Crippen molar-refractivity contribution in [2.45, 2.75) is 12.8 Å². The van der Waals surface area contributed by atoms with Crippen LogP contribution in [0.1, 0.15) is 12.1 Å². The predicted molar refractivity (Wildman–Crippen MR) is 53.6 cm³/mol. The van der Waals surface area contributed by atoms with E-state index in [1.807, 2.05) is 17.8 Å². The van der Waals surface area contributed by atoms with Crippen molar-refractivity contribution in [1.82, 2.24) is 15.1 Å². The van der Waals surface area contributed by atoms with Crippen LogP contribution in [0.2, 0.25) is 0 Å². The number of aryl methyl sites for hydroxylation is 1. The average Bonchev–Trinajstić information content (AvgIpc) is 2.51. The van der Waals surface area contributed by atoms with Crippen LogP contribution < -0.4 is 11.1 Å². The van der Waals surface area contributed by atoms with E-state index in [0.29, 0.717) is 13.0 Å². The van der Waals surface area contributed by atoms with E-state index in [-0.39, 0.29) is 5.91 Å². The third kappa shape index (κ3) is 3.57. The Bertz CT molecular complexity index is 295. The molecule has 0 atom stereocenters. The van der Waals surface area contributed by atoms with E-state index in [1.54, 1.807) is 6.20 Å².